The molecule has 81 valence electrons. The first-order chi connectivity index (χ1) is 7.33. The van der Waals surface area contributed by atoms with E-state index in [1.807, 2.05) is 0 Å². The number of hydrogen-bond acceptors (Lipinski definition) is 1. The first-order valence-electron chi connectivity index (χ1n) is 6.00. The van der Waals surface area contributed by atoms with Crippen molar-refractivity contribution in [3.63, 3.8) is 0 Å². The summed E-state index contributed by atoms with van der Waals surface area (Å²) in [4.78, 5) is 2.55. The lowest BCUT2D eigenvalue weighted by Gasteiger charge is -2.38. The summed E-state index contributed by atoms with van der Waals surface area (Å²) >= 11 is 0. The lowest BCUT2D eigenvalue weighted by atomic mass is 9.98. The van der Waals surface area contributed by atoms with Crippen molar-refractivity contribution in [1.29, 1.82) is 0 Å². The molecule has 0 saturated carbocycles. The molecule has 1 heterocycles. The highest BCUT2D eigenvalue weighted by molar-refractivity contribution is 5.56. The van der Waals surface area contributed by atoms with Crippen LogP contribution in [0, 0.1) is 6.92 Å². The van der Waals surface area contributed by atoms with Gasteiger partial charge in [0, 0.05) is 18.3 Å². The fourth-order valence-corrected chi connectivity index (χ4v) is 2.53. The summed E-state index contributed by atoms with van der Waals surface area (Å²) in [5.41, 5.74) is 2.50. The third-order valence-corrected chi connectivity index (χ3v) is 3.40. The molecule has 1 unspecified atom stereocenters. The topological polar surface area (TPSA) is 3.24 Å². The standard InChI is InChI=1S/C14H20N/c1-3-13-9-6-7-11-15(13)14-10-5-4-8-12(14)2/h4-5,8,10,13H,2-3,6-7,9,11H2,1H3. The number of hydrogen-bond donors (Lipinski definition) is 0. The molecule has 0 bridgehead atoms. The van der Waals surface area contributed by atoms with Gasteiger partial charge in [-0.05, 0) is 44.2 Å². The fraction of sp³-hybridized carbons (Fsp3) is 0.500. The summed E-state index contributed by atoms with van der Waals surface area (Å²) in [5.74, 6) is 0. The molecule has 1 aliphatic rings. The van der Waals surface area contributed by atoms with Crippen LogP contribution in [0.5, 0.6) is 0 Å². The largest absolute Gasteiger partial charge is 0.368 e. The van der Waals surface area contributed by atoms with Crippen LogP contribution < -0.4 is 4.90 Å². The normalized spacial score (nSPS) is 21.7. The van der Waals surface area contributed by atoms with Crippen LogP contribution in [0.4, 0.5) is 5.69 Å². The van der Waals surface area contributed by atoms with Crippen molar-refractivity contribution in [2.75, 3.05) is 11.4 Å². The van der Waals surface area contributed by atoms with E-state index in [2.05, 4.69) is 43.0 Å². The van der Waals surface area contributed by atoms with E-state index in [-0.39, 0.29) is 0 Å². The van der Waals surface area contributed by atoms with Crippen molar-refractivity contribution in [2.45, 2.75) is 38.6 Å². The summed E-state index contributed by atoms with van der Waals surface area (Å²) in [7, 11) is 0. The minimum atomic E-state index is 0.724. The van der Waals surface area contributed by atoms with Crippen LogP contribution in [-0.2, 0) is 0 Å². The smallest absolute Gasteiger partial charge is 0.0401 e. The SMILES string of the molecule is [CH2]c1ccccc1N1CCCCC1CC. The molecule has 0 aliphatic carbocycles. The number of para-hydroxylation sites is 1. The van der Waals surface area contributed by atoms with Crippen molar-refractivity contribution < 1.29 is 0 Å². The third kappa shape index (κ3) is 2.17. The van der Waals surface area contributed by atoms with Gasteiger partial charge in [0.25, 0.3) is 0 Å². The Morgan fingerprint density at radius 3 is 2.87 bits per heavy atom. The fourth-order valence-electron chi connectivity index (χ4n) is 2.53. The van der Waals surface area contributed by atoms with Gasteiger partial charge in [-0.3, -0.25) is 0 Å². The quantitative estimate of drug-likeness (QED) is 0.707. The van der Waals surface area contributed by atoms with Crippen LogP contribution in [0.25, 0.3) is 0 Å². The van der Waals surface area contributed by atoms with E-state index in [0.717, 1.165) is 11.6 Å². The highest BCUT2D eigenvalue weighted by atomic mass is 15.2. The molecule has 1 radical (unpaired) electrons. The number of anilines is 1. The Bertz CT molecular complexity index is 319. The Balaban J connectivity index is 2.24. The Labute approximate surface area is 93.1 Å². The Morgan fingerprint density at radius 1 is 1.33 bits per heavy atom. The van der Waals surface area contributed by atoms with Gasteiger partial charge in [0.15, 0.2) is 0 Å². The molecule has 1 fully saturated rings. The van der Waals surface area contributed by atoms with Crippen molar-refractivity contribution in [3.05, 3.63) is 36.8 Å². The minimum Gasteiger partial charge on any atom is -0.368 e. The van der Waals surface area contributed by atoms with Crippen molar-refractivity contribution in [3.8, 4) is 0 Å². The van der Waals surface area contributed by atoms with Gasteiger partial charge in [-0.1, -0.05) is 25.1 Å². The molecule has 0 spiro atoms. The Hall–Kier alpha value is -0.980. The first-order valence-corrected chi connectivity index (χ1v) is 6.00. The summed E-state index contributed by atoms with van der Waals surface area (Å²) < 4.78 is 0. The molecule has 1 nitrogen and oxygen atoms in total. The van der Waals surface area contributed by atoms with Gasteiger partial charge in [-0.25, -0.2) is 0 Å². The molecule has 1 aromatic rings. The lowest BCUT2D eigenvalue weighted by molar-refractivity contribution is 0.449. The summed E-state index contributed by atoms with van der Waals surface area (Å²) in [6.07, 6.45) is 5.29. The highest BCUT2D eigenvalue weighted by Gasteiger charge is 2.21. The zero-order chi connectivity index (χ0) is 10.7. The van der Waals surface area contributed by atoms with Crippen LogP contribution in [0.15, 0.2) is 24.3 Å². The predicted molar refractivity (Wildman–Crippen MR) is 66.2 cm³/mol. The van der Waals surface area contributed by atoms with E-state index < -0.39 is 0 Å². The van der Waals surface area contributed by atoms with Crippen molar-refractivity contribution in [1.82, 2.24) is 0 Å². The first kappa shape index (κ1) is 10.5. The molecule has 1 atom stereocenters. The summed E-state index contributed by atoms with van der Waals surface area (Å²) in [6, 6.07) is 9.22. The molecule has 1 aromatic carbocycles. The van der Waals surface area contributed by atoms with E-state index in [0.29, 0.717) is 0 Å². The second-order valence-corrected chi connectivity index (χ2v) is 4.38. The number of benzene rings is 1. The minimum absolute atomic E-state index is 0.724. The third-order valence-electron chi connectivity index (χ3n) is 3.40. The van der Waals surface area contributed by atoms with Gasteiger partial charge in [-0.15, -0.1) is 0 Å². The maximum Gasteiger partial charge on any atom is 0.0401 e. The molecular weight excluding hydrogens is 182 g/mol. The van der Waals surface area contributed by atoms with Crippen LogP contribution in [0.3, 0.4) is 0 Å². The predicted octanol–water partition coefficient (Wildman–Crippen LogP) is 3.64. The molecule has 15 heavy (non-hydrogen) atoms. The van der Waals surface area contributed by atoms with Crippen molar-refractivity contribution >= 4 is 5.69 Å². The zero-order valence-corrected chi connectivity index (χ0v) is 9.58. The molecule has 1 aliphatic heterocycles. The van der Waals surface area contributed by atoms with Gasteiger partial charge in [0.05, 0.1) is 0 Å². The van der Waals surface area contributed by atoms with E-state index in [1.165, 1.54) is 37.9 Å². The molecule has 0 aromatic heterocycles. The lowest BCUT2D eigenvalue weighted by Crippen LogP contribution is -2.39. The summed E-state index contributed by atoms with van der Waals surface area (Å²) in [5, 5.41) is 0. The highest BCUT2D eigenvalue weighted by Crippen LogP contribution is 2.28. The maximum atomic E-state index is 4.12. The van der Waals surface area contributed by atoms with E-state index in [4.69, 9.17) is 0 Å². The van der Waals surface area contributed by atoms with E-state index in [1.54, 1.807) is 0 Å². The molecule has 0 N–H and O–H groups in total. The zero-order valence-electron chi connectivity index (χ0n) is 9.58. The van der Waals surface area contributed by atoms with Gasteiger partial charge in [-0.2, -0.15) is 0 Å². The van der Waals surface area contributed by atoms with E-state index in [9.17, 15) is 0 Å². The van der Waals surface area contributed by atoms with Crippen molar-refractivity contribution in [2.24, 2.45) is 0 Å². The maximum absolute atomic E-state index is 4.12. The Morgan fingerprint density at radius 2 is 2.13 bits per heavy atom. The van der Waals surface area contributed by atoms with Gasteiger partial charge in [0.2, 0.25) is 0 Å². The number of nitrogens with zero attached hydrogens (tertiary/aromatic N) is 1. The second-order valence-electron chi connectivity index (χ2n) is 4.38. The molecule has 2 rings (SSSR count). The monoisotopic (exact) mass is 202 g/mol. The molecular formula is C14H20N. The van der Waals surface area contributed by atoms with Gasteiger partial charge >= 0.3 is 0 Å². The van der Waals surface area contributed by atoms with Crippen LogP contribution in [-0.4, -0.2) is 12.6 Å². The average Bonchev–Trinajstić information content (AvgIpc) is 2.30. The Kier molecular flexibility index (Phi) is 3.30. The van der Waals surface area contributed by atoms with Crippen LogP contribution in [0.2, 0.25) is 0 Å². The second kappa shape index (κ2) is 4.69. The number of piperidine rings is 1. The summed E-state index contributed by atoms with van der Waals surface area (Å²) in [6.45, 7) is 7.61. The molecule has 0 amide bonds. The number of rotatable bonds is 2. The average molecular weight is 202 g/mol. The van der Waals surface area contributed by atoms with Gasteiger partial charge < -0.3 is 4.90 Å². The van der Waals surface area contributed by atoms with Crippen LogP contribution in [0.1, 0.15) is 38.2 Å². The molecule has 1 heteroatoms. The molecule has 1 saturated heterocycles. The van der Waals surface area contributed by atoms with Gasteiger partial charge in [0.1, 0.15) is 0 Å². The van der Waals surface area contributed by atoms with E-state index >= 15 is 0 Å². The van der Waals surface area contributed by atoms with Crippen LogP contribution >= 0.6 is 0 Å².